The Bertz CT molecular complexity index is 930. The van der Waals surface area contributed by atoms with E-state index in [2.05, 4.69) is 21.1 Å². The van der Waals surface area contributed by atoms with Crippen molar-refractivity contribution in [2.24, 2.45) is 4.99 Å². The molecule has 1 N–H and O–H groups in total. The molecule has 2 aromatic heterocycles. The maximum Gasteiger partial charge on any atom is 0.306 e. The number of nitriles is 1. The number of rotatable bonds is 3. The normalized spacial score (nSPS) is 11.0. The summed E-state index contributed by atoms with van der Waals surface area (Å²) in [5.74, 6) is 1.23. The van der Waals surface area contributed by atoms with Crippen LogP contribution in [0.5, 0.6) is 0 Å². The Kier molecular flexibility index (Phi) is 3.77. The standard InChI is InChI=1S/C17H16N6/c1-12-8-16(21-15-7-5-4-6-14(12)15)23-17(19-11-22(2)3)13(9-18)10-20-23/h4-8,10-11H,1-3H3/p+1. The highest BCUT2D eigenvalue weighted by Crippen LogP contribution is 2.19. The van der Waals surface area contributed by atoms with Gasteiger partial charge in [-0.2, -0.15) is 5.26 Å². The Balaban J connectivity index is 2.19. The number of benzene rings is 1. The van der Waals surface area contributed by atoms with Gasteiger partial charge in [0.1, 0.15) is 17.1 Å². The molecule has 0 aliphatic heterocycles. The molecular weight excluding hydrogens is 288 g/mol. The van der Waals surface area contributed by atoms with Crippen LogP contribution in [0.15, 0.2) is 41.5 Å². The van der Waals surface area contributed by atoms with Crippen molar-refractivity contribution < 1.29 is 4.68 Å². The monoisotopic (exact) mass is 305 g/mol. The van der Waals surface area contributed by atoms with E-state index < -0.39 is 0 Å². The molecule has 0 atom stereocenters. The molecule has 0 saturated carbocycles. The largest absolute Gasteiger partial charge is 0.355 e. The maximum atomic E-state index is 9.28. The molecule has 0 aliphatic carbocycles. The quantitative estimate of drug-likeness (QED) is 0.458. The minimum Gasteiger partial charge on any atom is -0.355 e. The number of H-pyrrole nitrogens is 1. The van der Waals surface area contributed by atoms with E-state index in [1.165, 1.54) is 0 Å². The van der Waals surface area contributed by atoms with Crippen molar-refractivity contribution in [3.05, 3.63) is 47.7 Å². The van der Waals surface area contributed by atoms with Crippen LogP contribution >= 0.6 is 0 Å². The minimum atomic E-state index is 0.468. The molecule has 3 rings (SSSR count). The van der Waals surface area contributed by atoms with Crippen molar-refractivity contribution in [2.75, 3.05) is 14.1 Å². The third-order valence-electron chi connectivity index (χ3n) is 3.46. The fraction of sp³-hybridized carbons (Fsp3) is 0.176. The average molecular weight is 305 g/mol. The Labute approximate surface area is 134 Å². The molecule has 3 aromatic rings. The molecule has 23 heavy (non-hydrogen) atoms. The van der Waals surface area contributed by atoms with E-state index in [0.717, 1.165) is 16.5 Å². The second kappa shape index (κ2) is 5.89. The zero-order valence-corrected chi connectivity index (χ0v) is 13.3. The first-order valence-electron chi connectivity index (χ1n) is 7.21. The highest BCUT2D eigenvalue weighted by Gasteiger charge is 2.20. The molecule has 2 heterocycles. The SMILES string of the molecule is Cc1cc(-[n+]2[nH]cc(C#N)c2N=CN(C)C)nc2ccccc12. The molecule has 0 unspecified atom stereocenters. The Morgan fingerprint density at radius 2 is 2.13 bits per heavy atom. The summed E-state index contributed by atoms with van der Waals surface area (Å²) in [6.07, 6.45) is 3.29. The van der Waals surface area contributed by atoms with Gasteiger partial charge in [0.05, 0.1) is 6.20 Å². The average Bonchev–Trinajstić information content (AvgIpc) is 2.95. The van der Waals surface area contributed by atoms with Crippen molar-refractivity contribution in [1.82, 2.24) is 15.0 Å². The predicted octanol–water partition coefficient (Wildman–Crippen LogP) is 2.24. The second-order valence-electron chi connectivity index (χ2n) is 5.48. The van der Waals surface area contributed by atoms with E-state index >= 15 is 0 Å². The number of nitrogens with one attached hydrogen (secondary N) is 1. The van der Waals surface area contributed by atoms with Gasteiger partial charge < -0.3 is 4.90 Å². The first-order chi connectivity index (χ1) is 11.1. The van der Waals surface area contributed by atoms with E-state index in [4.69, 9.17) is 0 Å². The van der Waals surface area contributed by atoms with Crippen molar-refractivity contribution >= 4 is 23.1 Å². The smallest absolute Gasteiger partial charge is 0.306 e. The fourth-order valence-electron chi connectivity index (χ4n) is 2.38. The molecule has 6 heteroatoms. The van der Waals surface area contributed by atoms with E-state index in [9.17, 15) is 5.26 Å². The molecule has 0 fully saturated rings. The van der Waals surface area contributed by atoms with Gasteiger partial charge in [0.15, 0.2) is 6.34 Å². The van der Waals surface area contributed by atoms with Gasteiger partial charge in [0.2, 0.25) is 0 Å². The summed E-state index contributed by atoms with van der Waals surface area (Å²) in [6.45, 7) is 2.05. The molecule has 6 nitrogen and oxygen atoms in total. The minimum absolute atomic E-state index is 0.468. The molecule has 0 bridgehead atoms. The Morgan fingerprint density at radius 3 is 2.87 bits per heavy atom. The molecule has 0 spiro atoms. The van der Waals surface area contributed by atoms with E-state index in [-0.39, 0.29) is 0 Å². The lowest BCUT2D eigenvalue weighted by Crippen LogP contribution is -2.34. The Hall–Kier alpha value is -3.20. The summed E-state index contributed by atoms with van der Waals surface area (Å²) in [4.78, 5) is 10.9. The first-order valence-corrected chi connectivity index (χ1v) is 7.21. The summed E-state index contributed by atoms with van der Waals surface area (Å²) in [6, 6.07) is 12.1. The van der Waals surface area contributed by atoms with Crippen molar-refractivity contribution in [1.29, 1.82) is 5.26 Å². The highest BCUT2D eigenvalue weighted by molar-refractivity contribution is 5.82. The van der Waals surface area contributed by atoms with Gasteiger partial charge in [-0.25, -0.2) is 5.10 Å². The van der Waals surface area contributed by atoms with Crippen LogP contribution in [0.25, 0.3) is 16.7 Å². The van der Waals surface area contributed by atoms with Gasteiger partial charge in [0.25, 0.3) is 5.82 Å². The molecule has 0 aliphatic rings. The number of aromatic nitrogens is 3. The van der Waals surface area contributed by atoms with Gasteiger partial charge in [-0.3, -0.25) is 0 Å². The first kappa shape index (κ1) is 14.7. The molecule has 0 saturated heterocycles. The highest BCUT2D eigenvalue weighted by atomic mass is 15.3. The Morgan fingerprint density at radius 1 is 1.35 bits per heavy atom. The molecule has 114 valence electrons. The van der Waals surface area contributed by atoms with Crippen LogP contribution in [0.2, 0.25) is 0 Å². The van der Waals surface area contributed by atoms with Crippen LogP contribution < -0.4 is 4.68 Å². The van der Waals surface area contributed by atoms with E-state index in [1.807, 2.05) is 56.3 Å². The van der Waals surface area contributed by atoms with Crippen LogP contribution in [0, 0.1) is 18.3 Å². The summed E-state index contributed by atoms with van der Waals surface area (Å²) < 4.78 is 1.72. The third-order valence-corrected chi connectivity index (χ3v) is 3.46. The molecule has 1 aromatic carbocycles. The van der Waals surface area contributed by atoms with Gasteiger partial charge in [0, 0.05) is 25.5 Å². The number of hydrogen-bond donors (Lipinski definition) is 1. The third kappa shape index (κ3) is 2.77. The number of aryl methyl sites for hydroxylation is 1. The maximum absolute atomic E-state index is 9.28. The number of aliphatic imine (C=N–C) groups is 1. The number of pyridine rings is 1. The fourth-order valence-corrected chi connectivity index (χ4v) is 2.38. The van der Waals surface area contributed by atoms with Crippen LogP contribution in [0.1, 0.15) is 11.1 Å². The van der Waals surface area contributed by atoms with Crippen LogP contribution in [-0.4, -0.2) is 35.4 Å². The summed E-state index contributed by atoms with van der Waals surface area (Å²) >= 11 is 0. The van der Waals surface area contributed by atoms with Gasteiger partial charge in [-0.1, -0.05) is 23.2 Å². The molecule has 0 radical (unpaired) electrons. The molecule has 0 amide bonds. The predicted molar refractivity (Wildman–Crippen MR) is 88.9 cm³/mol. The lowest BCUT2D eigenvalue weighted by Gasteiger charge is -2.02. The topological polar surface area (TPSA) is 71.9 Å². The van der Waals surface area contributed by atoms with Crippen LogP contribution in [0.3, 0.4) is 0 Å². The van der Waals surface area contributed by atoms with Crippen molar-refractivity contribution in [3.8, 4) is 11.9 Å². The number of aromatic amines is 1. The lowest BCUT2D eigenvalue weighted by atomic mass is 10.1. The molecular formula is C17H17N6+. The second-order valence-corrected chi connectivity index (χ2v) is 5.48. The number of hydrogen-bond acceptors (Lipinski definition) is 3. The van der Waals surface area contributed by atoms with E-state index in [1.54, 1.807) is 17.2 Å². The zero-order chi connectivity index (χ0) is 16.4. The summed E-state index contributed by atoms with van der Waals surface area (Å²) in [5, 5.41) is 13.4. The number of fused-ring (bicyclic) bond motifs is 1. The summed E-state index contributed by atoms with van der Waals surface area (Å²) in [5.41, 5.74) is 2.50. The van der Waals surface area contributed by atoms with Gasteiger partial charge >= 0.3 is 5.82 Å². The number of nitrogens with zero attached hydrogens (tertiary/aromatic N) is 5. The number of para-hydroxylation sites is 1. The van der Waals surface area contributed by atoms with Crippen molar-refractivity contribution in [3.63, 3.8) is 0 Å². The van der Waals surface area contributed by atoms with Crippen LogP contribution in [-0.2, 0) is 0 Å². The van der Waals surface area contributed by atoms with Crippen LogP contribution in [0.4, 0.5) is 5.82 Å². The lowest BCUT2D eigenvalue weighted by molar-refractivity contribution is -0.646. The zero-order valence-electron chi connectivity index (χ0n) is 13.3. The van der Waals surface area contributed by atoms with Gasteiger partial charge in [-0.05, 0) is 18.6 Å². The summed E-state index contributed by atoms with van der Waals surface area (Å²) in [7, 11) is 3.76. The van der Waals surface area contributed by atoms with Crippen molar-refractivity contribution in [2.45, 2.75) is 6.92 Å². The van der Waals surface area contributed by atoms with Gasteiger partial charge in [-0.15, -0.1) is 9.67 Å². The van der Waals surface area contributed by atoms with E-state index in [0.29, 0.717) is 17.2 Å².